The molecule has 1 fully saturated rings. The van der Waals surface area contributed by atoms with Gasteiger partial charge in [-0.1, -0.05) is 0 Å². The number of carbonyl (C=O) groups excluding carboxylic acids is 2. The second-order valence-corrected chi connectivity index (χ2v) is 4.88. The molecule has 0 bridgehead atoms. The minimum absolute atomic E-state index is 0.0694. The van der Waals surface area contributed by atoms with E-state index >= 15 is 0 Å². The Balaban J connectivity index is 2.10. The first-order valence-corrected chi connectivity index (χ1v) is 6.63. The van der Waals surface area contributed by atoms with E-state index in [0.29, 0.717) is 18.6 Å². The second kappa shape index (κ2) is 7.52. The highest BCUT2D eigenvalue weighted by Gasteiger charge is 2.29. The van der Waals surface area contributed by atoms with Gasteiger partial charge in [-0.25, -0.2) is 5.84 Å². The quantitative estimate of drug-likeness (QED) is 0.227. The average Bonchev–Trinajstić information content (AvgIpc) is 2.82. The molecule has 0 aliphatic carbocycles. The van der Waals surface area contributed by atoms with E-state index in [0.717, 1.165) is 12.2 Å². The van der Waals surface area contributed by atoms with Crippen LogP contribution in [0.3, 0.4) is 0 Å². The van der Waals surface area contributed by atoms with Gasteiger partial charge in [0.2, 0.25) is 0 Å². The topological polar surface area (TPSA) is 90.7 Å². The van der Waals surface area contributed by atoms with Gasteiger partial charge in [-0.15, -0.1) is 0 Å². The Kier molecular flexibility index (Phi) is 6.31. The maximum atomic E-state index is 11.2. The molecule has 1 saturated heterocycles. The molecule has 17 heavy (non-hydrogen) atoms. The predicted octanol–water partition coefficient (Wildman–Crippen LogP) is -0.180. The van der Waals surface area contributed by atoms with Crippen molar-refractivity contribution in [2.45, 2.75) is 31.5 Å². The van der Waals surface area contributed by atoms with Crippen molar-refractivity contribution in [1.82, 2.24) is 5.43 Å². The van der Waals surface area contributed by atoms with Gasteiger partial charge in [0.25, 0.3) is 5.91 Å². The van der Waals surface area contributed by atoms with E-state index in [4.69, 9.17) is 10.6 Å². The van der Waals surface area contributed by atoms with Crippen molar-refractivity contribution in [3.63, 3.8) is 0 Å². The van der Waals surface area contributed by atoms with Crippen LogP contribution in [0.1, 0.15) is 19.3 Å². The van der Waals surface area contributed by atoms with E-state index in [1.165, 1.54) is 7.11 Å². The first-order valence-electron chi connectivity index (χ1n) is 5.48. The maximum Gasteiger partial charge on any atom is 0.306 e. The van der Waals surface area contributed by atoms with Gasteiger partial charge in [-0.3, -0.25) is 15.0 Å². The number of esters is 1. The van der Waals surface area contributed by atoms with Gasteiger partial charge in [0.15, 0.2) is 0 Å². The molecule has 3 N–H and O–H groups in total. The number of nitrogens with one attached hydrogen (secondary N) is 1. The molecule has 7 heteroatoms. The summed E-state index contributed by atoms with van der Waals surface area (Å²) < 4.78 is 10.1. The van der Waals surface area contributed by atoms with Gasteiger partial charge >= 0.3 is 5.97 Å². The number of hydrogen-bond acceptors (Lipinski definition) is 6. The standard InChI is InChI=1S/C10H18N2O4S/c1-15-9(13)4-5-17-6-7-2-3-8(16-7)10(14)12-11/h7-8H,2-6,11H2,1H3,(H,12,14). The average molecular weight is 262 g/mol. The molecule has 6 nitrogen and oxygen atoms in total. The van der Waals surface area contributed by atoms with Crippen LogP contribution in [0, 0.1) is 0 Å². The molecule has 0 spiro atoms. The first-order chi connectivity index (χ1) is 8.17. The number of hydrazine groups is 1. The summed E-state index contributed by atoms with van der Waals surface area (Å²) in [6, 6.07) is 0. The molecular formula is C10H18N2O4S. The number of hydrogen-bond donors (Lipinski definition) is 2. The van der Waals surface area contributed by atoms with Crippen LogP contribution in [0.4, 0.5) is 0 Å². The number of rotatable bonds is 6. The highest BCUT2D eigenvalue weighted by Crippen LogP contribution is 2.23. The number of thioether (sulfide) groups is 1. The molecule has 2 atom stereocenters. The van der Waals surface area contributed by atoms with E-state index < -0.39 is 6.10 Å². The molecule has 1 rings (SSSR count). The Morgan fingerprint density at radius 1 is 1.53 bits per heavy atom. The van der Waals surface area contributed by atoms with Crippen LogP contribution in [-0.4, -0.2) is 42.7 Å². The summed E-state index contributed by atoms with van der Waals surface area (Å²) in [4.78, 5) is 22.0. The van der Waals surface area contributed by atoms with Gasteiger partial charge in [0.05, 0.1) is 19.6 Å². The SMILES string of the molecule is COC(=O)CCSCC1CCC(C(=O)NN)O1. The minimum atomic E-state index is -0.425. The summed E-state index contributed by atoms with van der Waals surface area (Å²) in [6.07, 6.45) is 1.60. The van der Waals surface area contributed by atoms with E-state index in [2.05, 4.69) is 10.2 Å². The molecule has 98 valence electrons. The van der Waals surface area contributed by atoms with Crippen molar-refractivity contribution >= 4 is 23.6 Å². The Morgan fingerprint density at radius 2 is 2.29 bits per heavy atom. The van der Waals surface area contributed by atoms with Crippen LogP contribution in [0.25, 0.3) is 0 Å². The number of nitrogens with two attached hydrogens (primary N) is 1. The molecule has 1 amide bonds. The molecule has 1 heterocycles. The number of ether oxygens (including phenoxy) is 2. The Bertz CT molecular complexity index is 275. The van der Waals surface area contributed by atoms with Gasteiger partial charge in [-0.05, 0) is 12.8 Å². The van der Waals surface area contributed by atoms with Crippen LogP contribution in [-0.2, 0) is 19.1 Å². The van der Waals surface area contributed by atoms with Crippen molar-refractivity contribution in [1.29, 1.82) is 0 Å². The normalized spacial score (nSPS) is 23.4. The van der Waals surface area contributed by atoms with Gasteiger partial charge < -0.3 is 9.47 Å². The fraction of sp³-hybridized carbons (Fsp3) is 0.800. The molecule has 0 radical (unpaired) electrons. The Hall–Kier alpha value is -0.790. The molecule has 1 aliphatic heterocycles. The third-order valence-electron chi connectivity index (χ3n) is 2.52. The summed E-state index contributed by atoms with van der Waals surface area (Å²) in [6.45, 7) is 0. The fourth-order valence-electron chi connectivity index (χ4n) is 1.59. The smallest absolute Gasteiger partial charge is 0.306 e. The lowest BCUT2D eigenvalue weighted by Gasteiger charge is -2.11. The maximum absolute atomic E-state index is 11.2. The molecule has 0 aromatic carbocycles. The highest BCUT2D eigenvalue weighted by molar-refractivity contribution is 7.99. The predicted molar refractivity (Wildman–Crippen MR) is 64.2 cm³/mol. The van der Waals surface area contributed by atoms with Gasteiger partial charge in [-0.2, -0.15) is 11.8 Å². The molecule has 0 aromatic heterocycles. The summed E-state index contributed by atoms with van der Waals surface area (Å²) >= 11 is 1.63. The van der Waals surface area contributed by atoms with E-state index in [1.807, 2.05) is 0 Å². The minimum Gasteiger partial charge on any atom is -0.469 e. The van der Waals surface area contributed by atoms with Crippen LogP contribution >= 0.6 is 11.8 Å². The lowest BCUT2D eigenvalue weighted by molar-refractivity contribution is -0.140. The molecule has 1 aliphatic rings. The third kappa shape index (κ3) is 4.93. The van der Waals surface area contributed by atoms with Crippen molar-refractivity contribution in [2.24, 2.45) is 5.84 Å². The number of carbonyl (C=O) groups is 2. The van der Waals surface area contributed by atoms with E-state index in [9.17, 15) is 9.59 Å². The van der Waals surface area contributed by atoms with Gasteiger partial charge in [0.1, 0.15) is 6.10 Å². The monoisotopic (exact) mass is 262 g/mol. The summed E-state index contributed by atoms with van der Waals surface area (Å²) in [5.74, 6) is 6.05. The number of amides is 1. The molecule has 2 unspecified atom stereocenters. The Labute approximate surface area is 105 Å². The van der Waals surface area contributed by atoms with E-state index in [1.54, 1.807) is 11.8 Å². The van der Waals surface area contributed by atoms with Crippen molar-refractivity contribution in [2.75, 3.05) is 18.6 Å². The molecule has 0 aromatic rings. The zero-order chi connectivity index (χ0) is 12.7. The van der Waals surface area contributed by atoms with Gasteiger partial charge in [0, 0.05) is 11.5 Å². The second-order valence-electron chi connectivity index (χ2n) is 3.73. The van der Waals surface area contributed by atoms with Crippen LogP contribution in [0.2, 0.25) is 0 Å². The summed E-state index contributed by atoms with van der Waals surface area (Å²) in [7, 11) is 1.38. The zero-order valence-electron chi connectivity index (χ0n) is 9.81. The van der Waals surface area contributed by atoms with Crippen LogP contribution in [0.5, 0.6) is 0 Å². The van der Waals surface area contributed by atoms with Crippen molar-refractivity contribution < 1.29 is 19.1 Å². The third-order valence-corrected chi connectivity index (χ3v) is 3.62. The summed E-state index contributed by atoms with van der Waals surface area (Å²) in [5.41, 5.74) is 2.09. The van der Waals surface area contributed by atoms with Crippen molar-refractivity contribution in [3.8, 4) is 0 Å². The Morgan fingerprint density at radius 3 is 2.94 bits per heavy atom. The number of methoxy groups -OCH3 is 1. The van der Waals surface area contributed by atoms with Crippen molar-refractivity contribution in [3.05, 3.63) is 0 Å². The fourth-order valence-corrected chi connectivity index (χ4v) is 2.57. The first kappa shape index (κ1) is 14.3. The lowest BCUT2D eigenvalue weighted by Crippen LogP contribution is -2.39. The largest absolute Gasteiger partial charge is 0.469 e. The highest BCUT2D eigenvalue weighted by atomic mass is 32.2. The van der Waals surface area contributed by atoms with Crippen LogP contribution < -0.4 is 11.3 Å². The molecule has 0 saturated carbocycles. The zero-order valence-corrected chi connectivity index (χ0v) is 10.6. The van der Waals surface area contributed by atoms with Crippen LogP contribution in [0.15, 0.2) is 0 Å². The molecular weight excluding hydrogens is 244 g/mol. The van der Waals surface area contributed by atoms with E-state index in [-0.39, 0.29) is 18.0 Å². The lowest BCUT2D eigenvalue weighted by atomic mass is 10.2. The summed E-state index contributed by atoms with van der Waals surface area (Å²) in [5, 5.41) is 0.